The lowest BCUT2D eigenvalue weighted by molar-refractivity contribution is 0.0649. The maximum atomic E-state index is 13.4. The maximum Gasteiger partial charge on any atom is 0.341 e. The number of hydrogen-bond donors (Lipinski definition) is 2. The Balaban J connectivity index is 1.64. The van der Waals surface area contributed by atoms with Crippen LogP contribution in [0.5, 0.6) is 5.75 Å². The smallest absolute Gasteiger partial charge is 0.341 e. The van der Waals surface area contributed by atoms with E-state index in [0.29, 0.717) is 0 Å². The molecule has 1 amide bonds. The SMILES string of the molecule is O=C(O)c1cn2c(c(O)c1=O)C(=O)N(C1CC1)CN2C1c2ccccc2CCc2ccccc21. The van der Waals surface area contributed by atoms with E-state index < -0.39 is 28.6 Å². The molecule has 172 valence electrons. The quantitative estimate of drug-likeness (QED) is 0.627. The van der Waals surface area contributed by atoms with Crippen molar-refractivity contribution < 1.29 is 19.8 Å². The van der Waals surface area contributed by atoms with Gasteiger partial charge in [-0.1, -0.05) is 48.5 Å². The minimum Gasteiger partial charge on any atom is -0.502 e. The summed E-state index contributed by atoms with van der Waals surface area (Å²) in [6, 6.07) is 15.9. The number of carbonyl (C=O) groups excluding carboxylic acids is 1. The number of aromatic carboxylic acids is 1. The van der Waals surface area contributed by atoms with Gasteiger partial charge in [-0.2, -0.15) is 0 Å². The van der Waals surface area contributed by atoms with Gasteiger partial charge in [-0.3, -0.25) is 19.3 Å². The average molecular weight is 457 g/mol. The molecule has 2 N–H and O–H groups in total. The third-order valence-corrected chi connectivity index (χ3v) is 7.08. The predicted molar refractivity (Wildman–Crippen MR) is 124 cm³/mol. The van der Waals surface area contributed by atoms with Crippen molar-refractivity contribution in [2.75, 3.05) is 11.7 Å². The van der Waals surface area contributed by atoms with Crippen LogP contribution in [0.4, 0.5) is 0 Å². The average Bonchev–Trinajstić information content (AvgIpc) is 3.68. The Bertz CT molecular complexity index is 1360. The summed E-state index contributed by atoms with van der Waals surface area (Å²) < 4.78 is 1.39. The van der Waals surface area contributed by atoms with Crippen LogP contribution >= 0.6 is 0 Å². The van der Waals surface area contributed by atoms with Gasteiger partial charge in [-0.15, -0.1) is 0 Å². The monoisotopic (exact) mass is 457 g/mol. The lowest BCUT2D eigenvalue weighted by Gasteiger charge is -2.44. The van der Waals surface area contributed by atoms with Crippen LogP contribution in [0.2, 0.25) is 0 Å². The zero-order valence-corrected chi connectivity index (χ0v) is 18.3. The highest BCUT2D eigenvalue weighted by molar-refractivity contribution is 5.98. The molecular weight excluding hydrogens is 434 g/mol. The number of aromatic nitrogens is 1. The number of aromatic hydroxyl groups is 1. The molecule has 8 heteroatoms. The Hall–Kier alpha value is -4.07. The second-order valence-corrected chi connectivity index (χ2v) is 9.11. The van der Waals surface area contributed by atoms with Crippen LogP contribution in [-0.4, -0.2) is 44.4 Å². The van der Waals surface area contributed by atoms with Gasteiger partial charge in [0.25, 0.3) is 5.91 Å². The molecule has 3 aliphatic rings. The number of fused-ring (bicyclic) bond motifs is 3. The molecule has 0 unspecified atom stereocenters. The number of rotatable bonds is 3. The van der Waals surface area contributed by atoms with Crippen LogP contribution in [0.1, 0.15) is 62.0 Å². The van der Waals surface area contributed by atoms with Crippen molar-refractivity contribution in [1.29, 1.82) is 0 Å². The van der Waals surface area contributed by atoms with Crippen molar-refractivity contribution in [1.82, 2.24) is 9.58 Å². The second kappa shape index (κ2) is 7.48. The molecule has 2 aliphatic carbocycles. The van der Waals surface area contributed by atoms with E-state index in [4.69, 9.17) is 0 Å². The summed E-state index contributed by atoms with van der Waals surface area (Å²) in [5.41, 5.74) is 2.64. The van der Waals surface area contributed by atoms with Gasteiger partial charge in [0.15, 0.2) is 11.4 Å². The molecule has 1 aliphatic heterocycles. The first-order valence-electron chi connectivity index (χ1n) is 11.4. The summed E-state index contributed by atoms with van der Waals surface area (Å²) in [5.74, 6) is -2.73. The molecule has 0 bridgehead atoms. The first kappa shape index (κ1) is 20.5. The summed E-state index contributed by atoms with van der Waals surface area (Å²) >= 11 is 0. The van der Waals surface area contributed by atoms with Crippen molar-refractivity contribution >= 4 is 11.9 Å². The predicted octanol–water partition coefficient (Wildman–Crippen LogP) is 2.65. The molecule has 1 aromatic heterocycles. The topological polar surface area (TPSA) is 103 Å². The van der Waals surface area contributed by atoms with Crippen molar-refractivity contribution in [2.45, 2.75) is 37.8 Å². The fourth-order valence-corrected chi connectivity index (χ4v) is 5.26. The zero-order valence-electron chi connectivity index (χ0n) is 18.3. The molecule has 34 heavy (non-hydrogen) atoms. The van der Waals surface area contributed by atoms with Gasteiger partial charge in [0.1, 0.15) is 12.2 Å². The number of benzene rings is 2. The van der Waals surface area contributed by atoms with E-state index in [1.807, 2.05) is 29.3 Å². The molecule has 0 radical (unpaired) electrons. The summed E-state index contributed by atoms with van der Waals surface area (Å²) in [7, 11) is 0. The molecular formula is C26H23N3O5. The molecule has 6 rings (SSSR count). The molecule has 1 fully saturated rings. The fraction of sp³-hybridized carbons (Fsp3) is 0.269. The first-order valence-corrected chi connectivity index (χ1v) is 11.4. The molecule has 2 aromatic carbocycles. The highest BCUT2D eigenvalue weighted by Crippen LogP contribution is 2.40. The number of nitrogens with zero attached hydrogens (tertiary/aromatic N) is 3. The van der Waals surface area contributed by atoms with Crippen LogP contribution in [0, 0.1) is 0 Å². The Labute approximate surface area is 195 Å². The third kappa shape index (κ3) is 3.02. The van der Waals surface area contributed by atoms with Crippen molar-refractivity contribution in [3.63, 3.8) is 0 Å². The highest BCUT2D eigenvalue weighted by atomic mass is 16.4. The Morgan fingerprint density at radius 3 is 2.06 bits per heavy atom. The number of carboxylic acid groups (broad SMARTS) is 1. The lowest BCUT2D eigenvalue weighted by atomic mass is 9.94. The molecule has 0 saturated heterocycles. The van der Waals surface area contributed by atoms with E-state index in [1.54, 1.807) is 4.90 Å². The highest BCUT2D eigenvalue weighted by Gasteiger charge is 2.44. The number of amides is 1. The minimum absolute atomic E-state index is 0.0358. The number of carboxylic acids is 1. The second-order valence-electron chi connectivity index (χ2n) is 9.11. The van der Waals surface area contributed by atoms with Crippen molar-refractivity contribution in [3.05, 3.63) is 98.5 Å². The van der Waals surface area contributed by atoms with Gasteiger partial charge in [-0.05, 0) is 47.9 Å². The summed E-state index contributed by atoms with van der Waals surface area (Å²) in [6.07, 6.45) is 4.60. The van der Waals surface area contributed by atoms with E-state index >= 15 is 0 Å². The molecule has 2 heterocycles. The standard InChI is InChI=1S/C26H23N3O5/c30-23-20(26(33)34)13-28-22(24(23)31)25(32)27(17-11-12-17)14-29(28)21-18-7-3-1-5-15(18)9-10-16-6-2-4-8-19(16)21/h1-8,13,17,21,31H,9-12,14H2,(H,33,34). The molecule has 1 saturated carbocycles. The van der Waals surface area contributed by atoms with Crippen molar-refractivity contribution in [2.24, 2.45) is 0 Å². The Kier molecular flexibility index (Phi) is 4.52. The summed E-state index contributed by atoms with van der Waals surface area (Å²) in [5, 5.41) is 22.3. The van der Waals surface area contributed by atoms with Crippen LogP contribution in [-0.2, 0) is 12.8 Å². The molecule has 0 atom stereocenters. The van der Waals surface area contributed by atoms with Gasteiger partial charge in [0.2, 0.25) is 5.43 Å². The van der Waals surface area contributed by atoms with Gasteiger partial charge >= 0.3 is 5.97 Å². The van der Waals surface area contributed by atoms with Gasteiger partial charge in [0, 0.05) is 12.2 Å². The van der Waals surface area contributed by atoms with Crippen LogP contribution in [0.15, 0.2) is 59.5 Å². The molecule has 8 nitrogen and oxygen atoms in total. The normalized spacial score (nSPS) is 17.6. The van der Waals surface area contributed by atoms with Crippen molar-refractivity contribution in [3.8, 4) is 5.75 Å². The third-order valence-electron chi connectivity index (χ3n) is 7.08. The van der Waals surface area contributed by atoms with Gasteiger partial charge < -0.3 is 15.1 Å². The molecule has 0 spiro atoms. The van der Waals surface area contributed by atoms with Gasteiger partial charge in [-0.25, -0.2) is 4.79 Å². The van der Waals surface area contributed by atoms with Crippen LogP contribution < -0.4 is 10.4 Å². The first-order chi connectivity index (χ1) is 16.5. The number of hydrogen-bond acceptors (Lipinski definition) is 5. The van der Waals surface area contributed by atoms with E-state index in [2.05, 4.69) is 24.3 Å². The largest absolute Gasteiger partial charge is 0.502 e. The lowest BCUT2D eigenvalue weighted by Crippen LogP contribution is -2.56. The summed E-state index contributed by atoms with van der Waals surface area (Å²) in [6.45, 7) is 0.213. The number of carbonyl (C=O) groups is 2. The number of pyridine rings is 1. The van der Waals surface area contributed by atoms with Crippen LogP contribution in [0.3, 0.4) is 0 Å². The summed E-state index contributed by atoms with van der Waals surface area (Å²) in [4.78, 5) is 39.5. The molecule has 3 aromatic rings. The van der Waals surface area contributed by atoms with E-state index in [0.717, 1.165) is 36.8 Å². The van der Waals surface area contributed by atoms with E-state index in [9.17, 15) is 24.6 Å². The Morgan fingerprint density at radius 2 is 1.50 bits per heavy atom. The zero-order chi connectivity index (χ0) is 23.6. The number of aryl methyl sites for hydroxylation is 2. The van der Waals surface area contributed by atoms with Gasteiger partial charge in [0.05, 0.1) is 6.04 Å². The Morgan fingerprint density at radius 1 is 0.912 bits per heavy atom. The fourth-order valence-electron chi connectivity index (χ4n) is 5.26. The van der Waals surface area contributed by atoms with Crippen LogP contribution in [0.25, 0.3) is 0 Å². The minimum atomic E-state index is -1.45. The van der Waals surface area contributed by atoms with E-state index in [1.165, 1.54) is 22.0 Å². The van der Waals surface area contributed by atoms with E-state index in [-0.39, 0.29) is 24.4 Å². The maximum absolute atomic E-state index is 13.4.